The lowest BCUT2D eigenvalue weighted by Gasteiger charge is -2.58. The lowest BCUT2D eigenvalue weighted by molar-refractivity contribution is -0.346. The van der Waals surface area contributed by atoms with Crippen LogP contribution in [-0.2, 0) is 23.7 Å². The van der Waals surface area contributed by atoms with Gasteiger partial charge in [0, 0.05) is 7.11 Å². The summed E-state index contributed by atoms with van der Waals surface area (Å²) >= 11 is 0. The summed E-state index contributed by atoms with van der Waals surface area (Å²) in [4.78, 5) is 0. The zero-order chi connectivity index (χ0) is 37.0. The third kappa shape index (κ3) is 7.39. The fourth-order valence-corrected chi connectivity index (χ4v) is 10.8. The second-order valence-electron chi connectivity index (χ2n) is 17.4. The van der Waals surface area contributed by atoms with Crippen LogP contribution >= 0.6 is 0 Å². The molecule has 0 spiro atoms. The van der Waals surface area contributed by atoms with Gasteiger partial charge in [-0.2, -0.15) is 0 Å². The summed E-state index contributed by atoms with van der Waals surface area (Å²) in [6.07, 6.45) is -0.359. The van der Waals surface area contributed by atoms with E-state index in [2.05, 4.69) is 46.8 Å². The molecule has 1 unspecified atom stereocenters. The van der Waals surface area contributed by atoms with Crippen molar-refractivity contribution in [1.82, 2.24) is 0 Å². The van der Waals surface area contributed by atoms with Crippen molar-refractivity contribution < 1.29 is 59.4 Å². The Kier molecular flexibility index (Phi) is 12.2. The van der Waals surface area contributed by atoms with Gasteiger partial charge in [0.1, 0.15) is 36.6 Å². The highest BCUT2D eigenvalue weighted by atomic mass is 16.8. The summed E-state index contributed by atoms with van der Waals surface area (Å²) in [5.74, 6) is 1.11. The zero-order valence-corrected chi connectivity index (χ0v) is 31.2. The molecular formula is C39H64O12. The quantitative estimate of drug-likeness (QED) is 0.163. The van der Waals surface area contributed by atoms with Crippen LogP contribution in [0.25, 0.3) is 0 Å². The van der Waals surface area contributed by atoms with Gasteiger partial charge < -0.3 is 59.4 Å². The maximum absolute atomic E-state index is 11.6. The van der Waals surface area contributed by atoms with E-state index in [1.807, 2.05) is 0 Å². The first-order chi connectivity index (χ1) is 24.1. The molecule has 2 saturated heterocycles. The van der Waals surface area contributed by atoms with Gasteiger partial charge in [-0.05, 0) is 96.9 Å². The highest BCUT2D eigenvalue weighted by Gasteiger charge is 2.59. The van der Waals surface area contributed by atoms with Gasteiger partial charge in [-0.25, -0.2) is 0 Å². The predicted octanol–water partition coefficient (Wildman–Crippen LogP) is 2.05. The molecule has 6 rings (SSSR count). The number of rotatable bonds is 10. The summed E-state index contributed by atoms with van der Waals surface area (Å²) in [5, 5.41) is 74.8. The Labute approximate surface area is 302 Å². The molecule has 2 heterocycles. The van der Waals surface area contributed by atoms with E-state index in [4.69, 9.17) is 23.7 Å². The largest absolute Gasteiger partial charge is 0.393 e. The van der Waals surface area contributed by atoms with Crippen LogP contribution in [0, 0.1) is 46.3 Å². The Balaban J connectivity index is 1.08. The van der Waals surface area contributed by atoms with E-state index in [1.54, 1.807) is 0 Å². The lowest BCUT2D eigenvalue weighted by atomic mass is 9.48. The second kappa shape index (κ2) is 15.6. The summed E-state index contributed by atoms with van der Waals surface area (Å²) < 4.78 is 28.7. The van der Waals surface area contributed by atoms with Gasteiger partial charge in [-0.3, -0.25) is 0 Å². The van der Waals surface area contributed by atoms with Crippen molar-refractivity contribution in [2.24, 2.45) is 46.3 Å². The molecule has 0 aromatic rings. The normalized spacial score (nSPS) is 49.3. The molecule has 7 N–H and O–H groups in total. The Bertz CT molecular complexity index is 1260. The summed E-state index contributed by atoms with van der Waals surface area (Å²) in [7, 11) is 1.36. The molecule has 0 bridgehead atoms. The van der Waals surface area contributed by atoms with Crippen LogP contribution in [0.15, 0.2) is 23.3 Å². The summed E-state index contributed by atoms with van der Waals surface area (Å²) in [5.41, 5.74) is 2.29. The van der Waals surface area contributed by atoms with Crippen LogP contribution in [0.2, 0.25) is 0 Å². The average molecular weight is 725 g/mol. The molecule has 6 aliphatic rings. The molecule has 5 fully saturated rings. The number of aliphatic hydroxyl groups excluding tert-OH is 7. The molecule has 12 nitrogen and oxygen atoms in total. The minimum absolute atomic E-state index is 0.0493. The molecule has 4 aliphatic carbocycles. The van der Waals surface area contributed by atoms with Crippen molar-refractivity contribution in [3.05, 3.63) is 23.3 Å². The standard InChI is InChI=1S/C39H64O12/c1-19(21(3)16-48-36-35(33(46)30(44)17-49-36)51-37-34(47-6)32(45)29(43)18-50-37)7-8-20(2)25-15-28(42)31-23-14-27(41)26-13-22(40)9-11-38(26,4)24(23)10-12-39(25,31)5/h7-8,19-22,24-30,32-37,40-46H,9-18H2,1-6H3/b8-7+/t19-,20-,21-,22+,24+,25-,26?,27+,28-,29-,30-,32+,33+,34-,35-,36-,37+,38-,39-/m1/s1. The number of fused-ring (bicyclic) bond motifs is 4. The van der Waals surface area contributed by atoms with E-state index in [0.29, 0.717) is 25.2 Å². The van der Waals surface area contributed by atoms with E-state index < -0.39 is 61.4 Å². The fourth-order valence-electron chi connectivity index (χ4n) is 10.8. The highest BCUT2D eigenvalue weighted by molar-refractivity contribution is 5.38. The van der Waals surface area contributed by atoms with Crippen molar-refractivity contribution in [3.63, 3.8) is 0 Å². The van der Waals surface area contributed by atoms with E-state index in [0.717, 1.165) is 25.7 Å². The van der Waals surface area contributed by atoms with Gasteiger partial charge >= 0.3 is 0 Å². The number of allylic oxidation sites excluding steroid dienone is 2. The maximum Gasteiger partial charge on any atom is 0.187 e. The van der Waals surface area contributed by atoms with Crippen LogP contribution < -0.4 is 0 Å². The SMILES string of the molecule is CO[C@H]1[C@H](O[C@H]2[C@H](OC[C@@H](C)[C@H](C)/C=C/[C@@H](C)[C@H]3C[C@@H](O)C4=C5C[C@H](O)C6C[C@@H](O)CC[C@]6(C)[C@H]5CC[C@@]43C)OC[C@@H](O)[C@@H]2O)OC[C@@H](O)[C@@H]1O. The molecule has 12 heteroatoms. The molecule has 292 valence electrons. The summed E-state index contributed by atoms with van der Waals surface area (Å²) in [6, 6.07) is 0. The van der Waals surface area contributed by atoms with Crippen LogP contribution in [-0.4, -0.2) is 130 Å². The Morgan fingerprint density at radius 3 is 2.18 bits per heavy atom. The van der Waals surface area contributed by atoms with E-state index in [9.17, 15) is 35.7 Å². The third-order valence-electron chi connectivity index (χ3n) is 14.2. The Morgan fingerprint density at radius 1 is 0.824 bits per heavy atom. The van der Waals surface area contributed by atoms with Crippen LogP contribution in [0.3, 0.4) is 0 Å². The second-order valence-corrected chi connectivity index (χ2v) is 17.4. The number of hydrogen-bond donors (Lipinski definition) is 7. The molecule has 0 amide bonds. The maximum atomic E-state index is 11.6. The van der Waals surface area contributed by atoms with Gasteiger partial charge in [0.25, 0.3) is 0 Å². The highest BCUT2D eigenvalue weighted by Crippen LogP contribution is 2.65. The van der Waals surface area contributed by atoms with Crippen LogP contribution in [0.4, 0.5) is 0 Å². The van der Waals surface area contributed by atoms with Gasteiger partial charge in [-0.15, -0.1) is 0 Å². The smallest absolute Gasteiger partial charge is 0.187 e. The topological polar surface area (TPSA) is 188 Å². The molecule has 0 radical (unpaired) electrons. The first kappa shape index (κ1) is 39.7. The van der Waals surface area contributed by atoms with E-state index in [-0.39, 0.29) is 66.3 Å². The predicted molar refractivity (Wildman–Crippen MR) is 186 cm³/mol. The average Bonchev–Trinajstić information content (AvgIpc) is 3.37. The number of ether oxygens (including phenoxy) is 5. The van der Waals surface area contributed by atoms with Gasteiger partial charge in [0.2, 0.25) is 0 Å². The minimum Gasteiger partial charge on any atom is -0.393 e. The molecule has 2 aliphatic heterocycles. The Morgan fingerprint density at radius 2 is 1.49 bits per heavy atom. The third-order valence-corrected chi connectivity index (χ3v) is 14.2. The lowest BCUT2D eigenvalue weighted by Crippen LogP contribution is -2.60. The van der Waals surface area contributed by atoms with Crippen molar-refractivity contribution in [2.45, 2.75) is 147 Å². The fraction of sp³-hybridized carbons (Fsp3) is 0.897. The number of hydrogen-bond acceptors (Lipinski definition) is 12. The first-order valence-electron chi connectivity index (χ1n) is 19.3. The van der Waals surface area contributed by atoms with Crippen LogP contribution in [0.1, 0.15) is 79.6 Å². The summed E-state index contributed by atoms with van der Waals surface area (Å²) in [6.45, 7) is 11.0. The van der Waals surface area contributed by atoms with Crippen LogP contribution in [0.5, 0.6) is 0 Å². The van der Waals surface area contributed by atoms with E-state index >= 15 is 0 Å². The Hall–Kier alpha value is -1.00. The molecule has 51 heavy (non-hydrogen) atoms. The van der Waals surface area contributed by atoms with Gasteiger partial charge in [0.05, 0.1) is 38.1 Å². The molecule has 0 aromatic heterocycles. The minimum atomic E-state index is -1.34. The molecule has 0 aromatic carbocycles. The van der Waals surface area contributed by atoms with E-state index in [1.165, 1.54) is 18.3 Å². The van der Waals surface area contributed by atoms with Crippen molar-refractivity contribution in [1.29, 1.82) is 0 Å². The number of methoxy groups -OCH3 is 1. The molecular weight excluding hydrogens is 660 g/mol. The molecule has 3 saturated carbocycles. The number of aliphatic hydroxyl groups is 7. The van der Waals surface area contributed by atoms with Gasteiger partial charge in [-0.1, -0.05) is 52.3 Å². The van der Waals surface area contributed by atoms with Crippen molar-refractivity contribution in [2.75, 3.05) is 26.9 Å². The molecule has 19 atom stereocenters. The van der Waals surface area contributed by atoms with Crippen molar-refractivity contribution >= 4 is 0 Å². The zero-order valence-electron chi connectivity index (χ0n) is 31.2. The monoisotopic (exact) mass is 724 g/mol. The van der Waals surface area contributed by atoms with Crippen molar-refractivity contribution in [3.8, 4) is 0 Å². The van der Waals surface area contributed by atoms with Gasteiger partial charge in [0.15, 0.2) is 12.6 Å². The first-order valence-corrected chi connectivity index (χ1v) is 19.3.